The van der Waals surface area contributed by atoms with E-state index < -0.39 is 0 Å². The Morgan fingerprint density at radius 2 is 1.90 bits per heavy atom. The van der Waals surface area contributed by atoms with Crippen LogP contribution in [0.5, 0.6) is 0 Å². The Hall–Kier alpha value is -2.95. The summed E-state index contributed by atoms with van der Waals surface area (Å²) in [6.07, 6.45) is 3.35. The molecule has 0 aliphatic carbocycles. The lowest BCUT2D eigenvalue weighted by atomic mass is 10.1. The summed E-state index contributed by atoms with van der Waals surface area (Å²) in [6.45, 7) is 2.05. The van der Waals surface area contributed by atoms with E-state index in [1.807, 2.05) is 42.5 Å². The summed E-state index contributed by atoms with van der Waals surface area (Å²) in [5.41, 5.74) is 3.00. The van der Waals surface area contributed by atoms with Gasteiger partial charge in [-0.25, -0.2) is 4.98 Å². The number of benzene rings is 1. The van der Waals surface area contributed by atoms with Gasteiger partial charge in [-0.3, -0.25) is 0 Å². The first-order valence-corrected chi connectivity index (χ1v) is 6.64. The first-order valence-electron chi connectivity index (χ1n) is 6.64. The molecule has 0 unspecified atom stereocenters. The van der Waals surface area contributed by atoms with Gasteiger partial charge < -0.3 is 4.42 Å². The second kappa shape index (κ2) is 4.56. The molecule has 0 spiro atoms. The van der Waals surface area contributed by atoms with Crippen molar-refractivity contribution >= 4 is 5.78 Å². The quantitative estimate of drug-likeness (QED) is 0.563. The number of aryl methyl sites for hydroxylation is 1. The molecule has 0 N–H and O–H groups in total. The lowest BCUT2D eigenvalue weighted by Gasteiger charge is -1.98. The number of furan rings is 1. The monoisotopic (exact) mass is 276 g/mol. The first-order chi connectivity index (χ1) is 10.3. The van der Waals surface area contributed by atoms with Crippen LogP contribution in [0.3, 0.4) is 0 Å². The van der Waals surface area contributed by atoms with Crippen molar-refractivity contribution in [2.24, 2.45) is 0 Å². The number of nitrogens with zero attached hydrogens (tertiary/aromatic N) is 4. The first kappa shape index (κ1) is 11.8. The molecule has 5 heteroatoms. The van der Waals surface area contributed by atoms with E-state index in [-0.39, 0.29) is 0 Å². The van der Waals surface area contributed by atoms with Crippen molar-refractivity contribution in [3.8, 4) is 22.8 Å². The number of aromatic nitrogens is 4. The van der Waals surface area contributed by atoms with E-state index in [2.05, 4.69) is 22.0 Å². The van der Waals surface area contributed by atoms with Gasteiger partial charge in [0.15, 0.2) is 11.6 Å². The molecule has 0 aliphatic rings. The molecule has 1 aromatic carbocycles. The van der Waals surface area contributed by atoms with E-state index in [0.717, 1.165) is 17.0 Å². The Morgan fingerprint density at radius 1 is 1.05 bits per heavy atom. The fourth-order valence-corrected chi connectivity index (χ4v) is 2.23. The predicted octanol–water partition coefficient (Wildman–Crippen LogP) is 3.36. The summed E-state index contributed by atoms with van der Waals surface area (Å²) in [7, 11) is 0. The van der Waals surface area contributed by atoms with Crippen LogP contribution in [0.15, 0.2) is 59.3 Å². The smallest absolute Gasteiger partial charge is 0.253 e. The van der Waals surface area contributed by atoms with Crippen LogP contribution in [0, 0.1) is 6.92 Å². The van der Waals surface area contributed by atoms with E-state index in [4.69, 9.17) is 4.42 Å². The van der Waals surface area contributed by atoms with Gasteiger partial charge in [0.05, 0.1) is 6.26 Å². The van der Waals surface area contributed by atoms with Crippen molar-refractivity contribution in [3.05, 3.63) is 60.5 Å². The van der Waals surface area contributed by atoms with E-state index in [1.165, 1.54) is 5.56 Å². The highest BCUT2D eigenvalue weighted by molar-refractivity contribution is 5.60. The minimum absolute atomic E-state index is 0.555. The minimum Gasteiger partial charge on any atom is -0.463 e. The third-order valence-corrected chi connectivity index (χ3v) is 3.32. The highest BCUT2D eigenvalue weighted by Crippen LogP contribution is 2.22. The van der Waals surface area contributed by atoms with Gasteiger partial charge in [0.2, 0.25) is 0 Å². The van der Waals surface area contributed by atoms with Crippen LogP contribution >= 0.6 is 0 Å². The van der Waals surface area contributed by atoms with E-state index in [9.17, 15) is 0 Å². The molecule has 0 radical (unpaired) electrons. The minimum atomic E-state index is 0.555. The Bertz CT molecular complexity index is 892. The van der Waals surface area contributed by atoms with Crippen LogP contribution in [0.4, 0.5) is 0 Å². The van der Waals surface area contributed by atoms with Gasteiger partial charge in [0, 0.05) is 11.8 Å². The molecule has 0 atom stereocenters. The summed E-state index contributed by atoms with van der Waals surface area (Å²) in [5, 5.41) is 4.55. The third-order valence-electron chi connectivity index (χ3n) is 3.32. The van der Waals surface area contributed by atoms with Crippen molar-refractivity contribution < 1.29 is 4.42 Å². The van der Waals surface area contributed by atoms with Crippen LogP contribution in [-0.2, 0) is 0 Å². The number of hydrogen-bond acceptors (Lipinski definition) is 4. The molecule has 0 bridgehead atoms. The molecule has 3 aromatic heterocycles. The Morgan fingerprint density at radius 3 is 2.67 bits per heavy atom. The fourth-order valence-electron chi connectivity index (χ4n) is 2.23. The van der Waals surface area contributed by atoms with Gasteiger partial charge in [0.25, 0.3) is 5.78 Å². The van der Waals surface area contributed by atoms with E-state index in [0.29, 0.717) is 11.6 Å². The maximum absolute atomic E-state index is 5.44. The van der Waals surface area contributed by atoms with Crippen molar-refractivity contribution in [2.75, 3.05) is 0 Å². The van der Waals surface area contributed by atoms with Gasteiger partial charge in [0.1, 0.15) is 5.69 Å². The normalized spacial score (nSPS) is 11.1. The summed E-state index contributed by atoms with van der Waals surface area (Å²) >= 11 is 0. The fraction of sp³-hybridized carbons (Fsp3) is 0.0625. The summed E-state index contributed by atoms with van der Waals surface area (Å²) in [6, 6.07) is 13.7. The Balaban J connectivity index is 1.90. The van der Waals surface area contributed by atoms with Gasteiger partial charge in [-0.1, -0.05) is 29.8 Å². The SMILES string of the molecule is Cc1ccc(-c2nc3nccc(-c4ccco4)n3n2)cc1. The molecule has 0 fully saturated rings. The van der Waals surface area contributed by atoms with E-state index in [1.54, 1.807) is 17.0 Å². The van der Waals surface area contributed by atoms with Crippen LogP contribution in [-0.4, -0.2) is 19.6 Å². The van der Waals surface area contributed by atoms with E-state index >= 15 is 0 Å². The van der Waals surface area contributed by atoms with Crippen LogP contribution < -0.4 is 0 Å². The van der Waals surface area contributed by atoms with Crippen molar-refractivity contribution in [3.63, 3.8) is 0 Å². The molecular weight excluding hydrogens is 264 g/mol. The van der Waals surface area contributed by atoms with Gasteiger partial charge in [-0.05, 0) is 25.1 Å². The molecule has 4 rings (SSSR count). The molecule has 5 nitrogen and oxygen atoms in total. The molecule has 0 saturated heterocycles. The number of rotatable bonds is 2. The largest absolute Gasteiger partial charge is 0.463 e. The van der Waals surface area contributed by atoms with Gasteiger partial charge >= 0.3 is 0 Å². The Labute approximate surface area is 120 Å². The van der Waals surface area contributed by atoms with Crippen LogP contribution in [0.25, 0.3) is 28.6 Å². The zero-order chi connectivity index (χ0) is 14.2. The summed E-state index contributed by atoms with van der Waals surface area (Å²) < 4.78 is 7.14. The molecule has 3 heterocycles. The number of fused-ring (bicyclic) bond motifs is 1. The third kappa shape index (κ3) is 1.99. The molecule has 0 amide bonds. The summed E-state index contributed by atoms with van der Waals surface area (Å²) in [4.78, 5) is 8.75. The highest BCUT2D eigenvalue weighted by atomic mass is 16.3. The maximum atomic E-state index is 5.44. The molecule has 0 saturated carbocycles. The molecule has 102 valence electrons. The molecule has 0 aliphatic heterocycles. The van der Waals surface area contributed by atoms with Crippen molar-refractivity contribution in [1.82, 2.24) is 19.6 Å². The lowest BCUT2D eigenvalue weighted by Crippen LogP contribution is -1.94. The van der Waals surface area contributed by atoms with Crippen molar-refractivity contribution in [2.45, 2.75) is 6.92 Å². The highest BCUT2D eigenvalue weighted by Gasteiger charge is 2.12. The van der Waals surface area contributed by atoms with Gasteiger partial charge in [-0.2, -0.15) is 9.50 Å². The second-order valence-electron chi connectivity index (χ2n) is 4.82. The second-order valence-corrected chi connectivity index (χ2v) is 4.82. The van der Waals surface area contributed by atoms with Gasteiger partial charge in [-0.15, -0.1) is 5.10 Å². The molecule has 21 heavy (non-hydrogen) atoms. The maximum Gasteiger partial charge on any atom is 0.253 e. The van der Waals surface area contributed by atoms with Crippen LogP contribution in [0.2, 0.25) is 0 Å². The standard InChI is InChI=1S/C16H12N4O/c1-11-4-6-12(7-5-11)15-18-16-17-9-8-13(20(16)19-15)14-3-2-10-21-14/h2-10H,1H3. The Kier molecular flexibility index (Phi) is 2.57. The number of hydrogen-bond donors (Lipinski definition) is 0. The topological polar surface area (TPSA) is 56.2 Å². The zero-order valence-corrected chi connectivity index (χ0v) is 11.4. The van der Waals surface area contributed by atoms with Crippen molar-refractivity contribution in [1.29, 1.82) is 0 Å². The lowest BCUT2D eigenvalue weighted by molar-refractivity contribution is 0.577. The molecular formula is C16H12N4O. The average Bonchev–Trinajstić information content (AvgIpc) is 3.17. The molecule has 4 aromatic rings. The summed E-state index contributed by atoms with van der Waals surface area (Å²) in [5.74, 6) is 1.95. The predicted molar refractivity (Wildman–Crippen MR) is 78.7 cm³/mol. The zero-order valence-electron chi connectivity index (χ0n) is 11.4. The average molecular weight is 276 g/mol. The van der Waals surface area contributed by atoms with Crippen LogP contribution in [0.1, 0.15) is 5.56 Å².